The number of aliphatic hydroxyl groups excluding tert-OH is 1. The third-order valence-corrected chi connectivity index (χ3v) is 3.03. The summed E-state index contributed by atoms with van der Waals surface area (Å²) in [4.78, 5) is 12.8. The number of aliphatic hydroxyl groups is 1. The molecule has 1 aromatic rings. The zero-order valence-corrected chi connectivity index (χ0v) is 8.97. The van der Waals surface area contributed by atoms with E-state index in [1.54, 1.807) is 24.3 Å². The molecule has 1 saturated heterocycles. The lowest BCUT2D eigenvalue weighted by Gasteiger charge is -2.25. The monoisotopic (exact) mass is 221 g/mol. The Balaban J connectivity index is 2.18. The minimum atomic E-state index is -0.910. The molecule has 1 atom stereocenters. The average molecular weight is 221 g/mol. The van der Waals surface area contributed by atoms with Crippen molar-refractivity contribution in [1.29, 1.82) is 0 Å². The number of carboxylic acids is 1. The van der Waals surface area contributed by atoms with E-state index in [2.05, 4.69) is 4.90 Å². The molecule has 2 N–H and O–H groups in total. The minimum Gasteiger partial charge on any atom is -0.478 e. The Kier molecular flexibility index (Phi) is 3.10. The topological polar surface area (TPSA) is 60.8 Å². The molecule has 1 heterocycles. The fourth-order valence-electron chi connectivity index (χ4n) is 2.16. The van der Waals surface area contributed by atoms with Crippen LogP contribution in [0.5, 0.6) is 0 Å². The van der Waals surface area contributed by atoms with Gasteiger partial charge in [-0.3, -0.25) is 0 Å². The largest absolute Gasteiger partial charge is 0.478 e. The molecular weight excluding hydrogens is 206 g/mol. The summed E-state index contributed by atoms with van der Waals surface area (Å²) in [6, 6.07) is 6.99. The van der Waals surface area contributed by atoms with Crippen molar-refractivity contribution < 1.29 is 15.0 Å². The van der Waals surface area contributed by atoms with Gasteiger partial charge < -0.3 is 15.1 Å². The molecule has 2 rings (SSSR count). The molecule has 86 valence electrons. The minimum absolute atomic E-state index is 0.153. The standard InChI is InChI=1S/C12H15NO3/c14-8-11-2-1-7-13(11)10-5-3-9(4-6-10)12(15)16/h3-6,11,14H,1-2,7-8H2,(H,15,16). The fraction of sp³-hybridized carbons (Fsp3) is 0.417. The predicted molar refractivity (Wildman–Crippen MR) is 60.9 cm³/mol. The number of hydrogen-bond donors (Lipinski definition) is 2. The molecule has 4 heteroatoms. The van der Waals surface area contributed by atoms with Gasteiger partial charge in [0.15, 0.2) is 0 Å². The molecule has 4 nitrogen and oxygen atoms in total. The zero-order valence-electron chi connectivity index (χ0n) is 8.97. The van der Waals surface area contributed by atoms with Gasteiger partial charge in [0, 0.05) is 12.2 Å². The molecule has 1 aliphatic rings. The first kappa shape index (κ1) is 11.0. The molecule has 0 aliphatic carbocycles. The molecule has 0 radical (unpaired) electrons. The summed E-state index contributed by atoms with van der Waals surface area (Å²) in [7, 11) is 0. The molecule has 0 bridgehead atoms. The number of rotatable bonds is 3. The Labute approximate surface area is 94.1 Å². The average Bonchev–Trinajstić information content (AvgIpc) is 2.77. The van der Waals surface area contributed by atoms with Crippen LogP contribution in [0.15, 0.2) is 24.3 Å². The predicted octanol–water partition coefficient (Wildman–Crippen LogP) is 1.35. The molecular formula is C12H15NO3. The van der Waals surface area contributed by atoms with Crippen molar-refractivity contribution in [3.8, 4) is 0 Å². The highest BCUT2D eigenvalue weighted by Gasteiger charge is 2.23. The van der Waals surface area contributed by atoms with Crippen LogP contribution in [0.1, 0.15) is 23.2 Å². The second-order valence-corrected chi connectivity index (χ2v) is 4.02. The molecule has 0 saturated carbocycles. The van der Waals surface area contributed by atoms with E-state index in [4.69, 9.17) is 5.11 Å². The fourth-order valence-corrected chi connectivity index (χ4v) is 2.16. The summed E-state index contributed by atoms with van der Waals surface area (Å²) < 4.78 is 0. The second kappa shape index (κ2) is 4.53. The van der Waals surface area contributed by atoms with Crippen molar-refractivity contribution in [1.82, 2.24) is 0 Å². The van der Waals surface area contributed by atoms with Crippen LogP contribution in [-0.2, 0) is 0 Å². The number of anilines is 1. The van der Waals surface area contributed by atoms with Gasteiger partial charge in [-0.1, -0.05) is 0 Å². The lowest BCUT2D eigenvalue weighted by Crippen LogP contribution is -2.31. The van der Waals surface area contributed by atoms with Crippen LogP contribution in [0.2, 0.25) is 0 Å². The Morgan fingerprint density at radius 1 is 1.38 bits per heavy atom. The van der Waals surface area contributed by atoms with Crippen LogP contribution < -0.4 is 4.90 Å². The van der Waals surface area contributed by atoms with Gasteiger partial charge >= 0.3 is 5.97 Å². The van der Waals surface area contributed by atoms with Crippen LogP contribution in [-0.4, -0.2) is 35.4 Å². The van der Waals surface area contributed by atoms with Gasteiger partial charge in [-0.25, -0.2) is 4.79 Å². The number of carboxylic acid groups (broad SMARTS) is 1. The van der Waals surface area contributed by atoms with Crippen LogP contribution in [0.3, 0.4) is 0 Å². The Morgan fingerprint density at radius 3 is 2.62 bits per heavy atom. The number of carbonyl (C=O) groups is 1. The molecule has 1 unspecified atom stereocenters. The number of aromatic carboxylic acids is 1. The van der Waals surface area contributed by atoms with Crippen LogP contribution in [0.25, 0.3) is 0 Å². The summed E-state index contributed by atoms with van der Waals surface area (Å²) in [6.45, 7) is 1.08. The summed E-state index contributed by atoms with van der Waals surface area (Å²) in [5, 5.41) is 18.0. The molecule has 1 aliphatic heterocycles. The van der Waals surface area contributed by atoms with Gasteiger partial charge in [-0.15, -0.1) is 0 Å². The van der Waals surface area contributed by atoms with Crippen molar-refractivity contribution in [2.75, 3.05) is 18.1 Å². The summed E-state index contributed by atoms with van der Waals surface area (Å²) in [5.74, 6) is -0.910. The highest BCUT2D eigenvalue weighted by molar-refractivity contribution is 5.88. The summed E-state index contributed by atoms with van der Waals surface area (Å²) >= 11 is 0. The van der Waals surface area contributed by atoms with E-state index in [1.165, 1.54) is 0 Å². The summed E-state index contributed by atoms with van der Waals surface area (Å²) in [6.07, 6.45) is 2.07. The van der Waals surface area contributed by atoms with E-state index in [9.17, 15) is 9.90 Å². The van der Waals surface area contributed by atoms with Crippen molar-refractivity contribution in [2.24, 2.45) is 0 Å². The Hall–Kier alpha value is -1.55. The highest BCUT2D eigenvalue weighted by atomic mass is 16.4. The van der Waals surface area contributed by atoms with Gasteiger partial charge in [0.05, 0.1) is 18.2 Å². The maximum Gasteiger partial charge on any atom is 0.335 e. The maximum absolute atomic E-state index is 10.7. The Morgan fingerprint density at radius 2 is 2.06 bits per heavy atom. The second-order valence-electron chi connectivity index (χ2n) is 4.02. The van der Waals surface area contributed by atoms with E-state index >= 15 is 0 Å². The van der Waals surface area contributed by atoms with Gasteiger partial charge in [0.1, 0.15) is 0 Å². The Bertz CT molecular complexity index is 374. The third kappa shape index (κ3) is 2.02. The van der Waals surface area contributed by atoms with E-state index < -0.39 is 5.97 Å². The van der Waals surface area contributed by atoms with Gasteiger partial charge in [-0.05, 0) is 37.1 Å². The molecule has 1 fully saturated rings. The van der Waals surface area contributed by atoms with Crippen LogP contribution >= 0.6 is 0 Å². The number of benzene rings is 1. The van der Waals surface area contributed by atoms with Crippen LogP contribution in [0, 0.1) is 0 Å². The summed E-state index contributed by atoms with van der Waals surface area (Å²) in [5.41, 5.74) is 1.28. The highest BCUT2D eigenvalue weighted by Crippen LogP contribution is 2.25. The third-order valence-electron chi connectivity index (χ3n) is 3.03. The smallest absolute Gasteiger partial charge is 0.335 e. The first-order chi connectivity index (χ1) is 7.72. The van der Waals surface area contributed by atoms with E-state index in [1.807, 2.05) is 0 Å². The van der Waals surface area contributed by atoms with Crippen molar-refractivity contribution in [3.05, 3.63) is 29.8 Å². The van der Waals surface area contributed by atoms with Crippen molar-refractivity contribution >= 4 is 11.7 Å². The molecule has 1 aromatic carbocycles. The SMILES string of the molecule is O=C(O)c1ccc(N2CCCC2CO)cc1. The van der Waals surface area contributed by atoms with E-state index in [0.29, 0.717) is 5.56 Å². The molecule has 0 amide bonds. The maximum atomic E-state index is 10.7. The number of nitrogens with zero attached hydrogens (tertiary/aromatic N) is 1. The molecule has 16 heavy (non-hydrogen) atoms. The first-order valence-electron chi connectivity index (χ1n) is 5.43. The van der Waals surface area contributed by atoms with Gasteiger partial charge in [-0.2, -0.15) is 0 Å². The van der Waals surface area contributed by atoms with E-state index in [0.717, 1.165) is 25.1 Å². The zero-order chi connectivity index (χ0) is 11.5. The van der Waals surface area contributed by atoms with Crippen molar-refractivity contribution in [2.45, 2.75) is 18.9 Å². The molecule has 0 spiro atoms. The van der Waals surface area contributed by atoms with E-state index in [-0.39, 0.29) is 12.6 Å². The quantitative estimate of drug-likeness (QED) is 0.808. The number of hydrogen-bond acceptors (Lipinski definition) is 3. The van der Waals surface area contributed by atoms with Gasteiger partial charge in [0.2, 0.25) is 0 Å². The lowest BCUT2D eigenvalue weighted by molar-refractivity contribution is 0.0697. The van der Waals surface area contributed by atoms with Crippen LogP contribution in [0.4, 0.5) is 5.69 Å². The first-order valence-corrected chi connectivity index (χ1v) is 5.43. The lowest BCUT2D eigenvalue weighted by atomic mass is 10.2. The van der Waals surface area contributed by atoms with Gasteiger partial charge in [0.25, 0.3) is 0 Å². The molecule has 0 aromatic heterocycles. The normalized spacial score (nSPS) is 20.1. The van der Waals surface area contributed by atoms with Crippen molar-refractivity contribution in [3.63, 3.8) is 0 Å².